The van der Waals surface area contributed by atoms with E-state index in [0.29, 0.717) is 0 Å². The molecular formula is C30H25FN2O5. The van der Waals surface area contributed by atoms with E-state index in [4.69, 9.17) is 9.47 Å². The molecular weight excluding hydrogens is 487 g/mol. The first kappa shape index (κ1) is 25.1. The second-order valence-corrected chi connectivity index (χ2v) is 8.93. The zero-order valence-electron chi connectivity index (χ0n) is 20.7. The predicted octanol–water partition coefficient (Wildman–Crippen LogP) is 5.39. The quantitative estimate of drug-likeness (QED) is 0.232. The summed E-state index contributed by atoms with van der Waals surface area (Å²) in [6.07, 6.45) is 4.81. The number of carbonyl (C=O) groups excluding carboxylic acids is 2. The number of benzene rings is 2. The molecule has 0 radical (unpaired) electrons. The third-order valence-corrected chi connectivity index (χ3v) is 6.24. The third kappa shape index (κ3) is 5.25. The summed E-state index contributed by atoms with van der Waals surface area (Å²) < 4.78 is 27.5. The maximum Gasteiger partial charge on any atom is 0.343 e. The standard InChI is InChI=1S/C30H25FN2O5/c1-2-37-30(36)23-18-33(21-13-14-21)29-22(27(23)35)17-24(31)25(32-29)15-16-26(34)38-28(19-9-5-3-6-10-19)20-11-7-4-8-12-20/h3-12,15-18,21,28H,2,13-14H2,1H3. The van der Waals surface area contributed by atoms with Gasteiger partial charge in [-0.05, 0) is 43.0 Å². The van der Waals surface area contributed by atoms with Crippen LogP contribution in [0.2, 0.25) is 0 Å². The van der Waals surface area contributed by atoms with Gasteiger partial charge in [0, 0.05) is 18.3 Å². The molecule has 38 heavy (non-hydrogen) atoms. The van der Waals surface area contributed by atoms with Crippen molar-refractivity contribution in [1.29, 1.82) is 0 Å². The number of fused-ring (bicyclic) bond motifs is 1. The number of halogens is 1. The number of aromatic nitrogens is 2. The van der Waals surface area contributed by atoms with Crippen LogP contribution in [0.4, 0.5) is 4.39 Å². The first-order valence-electron chi connectivity index (χ1n) is 12.4. The summed E-state index contributed by atoms with van der Waals surface area (Å²) in [6, 6.07) is 19.7. The van der Waals surface area contributed by atoms with Crippen molar-refractivity contribution in [3.63, 3.8) is 0 Å². The average Bonchev–Trinajstić information content (AvgIpc) is 3.78. The molecule has 0 unspecified atom stereocenters. The van der Waals surface area contributed by atoms with Crippen LogP contribution in [0, 0.1) is 5.82 Å². The van der Waals surface area contributed by atoms with Gasteiger partial charge >= 0.3 is 11.9 Å². The molecule has 0 amide bonds. The van der Waals surface area contributed by atoms with Crippen molar-refractivity contribution in [3.8, 4) is 0 Å². The van der Waals surface area contributed by atoms with Crippen LogP contribution < -0.4 is 5.43 Å². The maximum atomic E-state index is 15.0. The summed E-state index contributed by atoms with van der Waals surface area (Å²) in [5.74, 6) is -2.24. The smallest absolute Gasteiger partial charge is 0.343 e. The van der Waals surface area contributed by atoms with Crippen LogP contribution in [0.5, 0.6) is 0 Å². The summed E-state index contributed by atoms with van der Waals surface area (Å²) in [6.45, 7) is 1.76. The number of nitrogens with zero attached hydrogens (tertiary/aromatic N) is 2. The minimum atomic E-state index is -0.801. The number of pyridine rings is 2. The van der Waals surface area contributed by atoms with Crippen LogP contribution in [-0.4, -0.2) is 28.1 Å². The fourth-order valence-electron chi connectivity index (χ4n) is 4.25. The second-order valence-electron chi connectivity index (χ2n) is 8.93. The minimum absolute atomic E-state index is 0.0205. The first-order valence-corrected chi connectivity index (χ1v) is 12.4. The molecule has 1 saturated carbocycles. The molecule has 0 aliphatic heterocycles. The van der Waals surface area contributed by atoms with Crippen molar-refractivity contribution in [2.75, 3.05) is 6.61 Å². The van der Waals surface area contributed by atoms with E-state index in [1.54, 1.807) is 11.5 Å². The van der Waals surface area contributed by atoms with Crippen LogP contribution in [0.25, 0.3) is 17.1 Å². The van der Waals surface area contributed by atoms with Crippen molar-refractivity contribution in [2.24, 2.45) is 0 Å². The number of carbonyl (C=O) groups is 2. The van der Waals surface area contributed by atoms with Gasteiger partial charge in [-0.15, -0.1) is 0 Å². The van der Waals surface area contributed by atoms with Crippen LogP contribution in [0.1, 0.15) is 59.1 Å². The van der Waals surface area contributed by atoms with Crippen LogP contribution in [-0.2, 0) is 14.3 Å². The lowest BCUT2D eigenvalue weighted by Crippen LogP contribution is -2.21. The Labute approximate surface area is 218 Å². The fraction of sp³-hybridized carbons (Fsp3) is 0.200. The molecule has 2 heterocycles. The molecule has 0 N–H and O–H groups in total. The van der Waals surface area contributed by atoms with Crippen LogP contribution in [0.15, 0.2) is 83.8 Å². The summed E-state index contributed by atoms with van der Waals surface area (Å²) in [4.78, 5) is 42.4. The number of ether oxygens (including phenoxy) is 2. The molecule has 0 saturated heterocycles. The monoisotopic (exact) mass is 512 g/mol. The normalized spacial score (nSPS) is 13.2. The molecule has 192 valence electrons. The fourth-order valence-corrected chi connectivity index (χ4v) is 4.25. The summed E-state index contributed by atoms with van der Waals surface area (Å²) in [5.41, 5.74) is 0.898. The van der Waals surface area contributed by atoms with Gasteiger partial charge in [0.1, 0.15) is 22.7 Å². The lowest BCUT2D eigenvalue weighted by atomic mass is 10.0. The van der Waals surface area contributed by atoms with E-state index in [0.717, 1.165) is 36.1 Å². The molecule has 1 aliphatic rings. The van der Waals surface area contributed by atoms with E-state index in [1.807, 2.05) is 60.7 Å². The SMILES string of the molecule is CCOC(=O)c1cn(C2CC2)c2nc(C=CC(=O)OC(c3ccccc3)c3ccccc3)c(F)cc2c1=O. The first-order chi connectivity index (χ1) is 18.5. The lowest BCUT2D eigenvalue weighted by Gasteiger charge is -2.18. The Morgan fingerprint density at radius 2 is 1.71 bits per heavy atom. The lowest BCUT2D eigenvalue weighted by molar-refractivity contribution is -0.141. The Morgan fingerprint density at radius 1 is 1.08 bits per heavy atom. The number of esters is 2. The van der Waals surface area contributed by atoms with Crippen molar-refractivity contribution in [3.05, 3.63) is 117 Å². The highest BCUT2D eigenvalue weighted by Crippen LogP contribution is 2.37. The summed E-state index contributed by atoms with van der Waals surface area (Å²) >= 11 is 0. The molecule has 0 spiro atoms. The largest absolute Gasteiger partial charge is 0.462 e. The van der Waals surface area contributed by atoms with E-state index in [1.165, 1.54) is 12.3 Å². The molecule has 0 atom stereocenters. The van der Waals surface area contributed by atoms with Gasteiger partial charge in [-0.2, -0.15) is 0 Å². The van der Waals surface area contributed by atoms with Crippen LogP contribution >= 0.6 is 0 Å². The highest BCUT2D eigenvalue weighted by molar-refractivity contribution is 5.93. The van der Waals surface area contributed by atoms with Gasteiger partial charge in [-0.25, -0.2) is 19.0 Å². The van der Waals surface area contributed by atoms with Gasteiger partial charge in [0.2, 0.25) is 5.43 Å². The molecule has 8 heteroatoms. The topological polar surface area (TPSA) is 87.5 Å². The van der Waals surface area contributed by atoms with E-state index < -0.39 is 29.3 Å². The van der Waals surface area contributed by atoms with E-state index in [2.05, 4.69) is 4.98 Å². The Balaban J connectivity index is 1.46. The van der Waals surface area contributed by atoms with E-state index >= 15 is 4.39 Å². The number of rotatable bonds is 8. The molecule has 1 aliphatic carbocycles. The summed E-state index contributed by atoms with van der Waals surface area (Å²) in [5, 5.41) is -0.0205. The predicted molar refractivity (Wildman–Crippen MR) is 140 cm³/mol. The molecule has 4 aromatic rings. The van der Waals surface area contributed by atoms with Gasteiger partial charge in [0.15, 0.2) is 6.10 Å². The molecule has 0 bridgehead atoms. The molecule has 7 nitrogen and oxygen atoms in total. The highest BCUT2D eigenvalue weighted by atomic mass is 19.1. The Kier molecular flexibility index (Phi) is 7.13. The minimum Gasteiger partial charge on any atom is -0.462 e. The van der Waals surface area contributed by atoms with Gasteiger partial charge in [-0.1, -0.05) is 60.7 Å². The number of hydrogen-bond acceptors (Lipinski definition) is 6. The van der Waals surface area contributed by atoms with Crippen molar-refractivity contribution in [2.45, 2.75) is 31.9 Å². The van der Waals surface area contributed by atoms with Crippen molar-refractivity contribution in [1.82, 2.24) is 9.55 Å². The van der Waals surface area contributed by atoms with Gasteiger partial charge in [-0.3, -0.25) is 4.79 Å². The van der Waals surface area contributed by atoms with Crippen molar-refractivity contribution >= 4 is 29.0 Å². The Bertz CT molecular complexity index is 1540. The van der Waals surface area contributed by atoms with Crippen molar-refractivity contribution < 1.29 is 23.5 Å². The van der Waals surface area contributed by atoms with E-state index in [-0.39, 0.29) is 34.9 Å². The Morgan fingerprint density at radius 3 is 2.29 bits per heavy atom. The second kappa shape index (κ2) is 10.8. The van der Waals surface area contributed by atoms with Gasteiger partial charge in [0.25, 0.3) is 0 Å². The zero-order chi connectivity index (χ0) is 26.6. The molecule has 2 aromatic carbocycles. The Hall–Kier alpha value is -4.59. The summed E-state index contributed by atoms with van der Waals surface area (Å²) in [7, 11) is 0. The molecule has 1 fully saturated rings. The number of hydrogen-bond donors (Lipinski definition) is 0. The molecule has 5 rings (SSSR count). The van der Waals surface area contributed by atoms with E-state index in [9.17, 15) is 14.4 Å². The maximum absolute atomic E-state index is 15.0. The zero-order valence-corrected chi connectivity index (χ0v) is 20.7. The van der Waals surface area contributed by atoms with Gasteiger partial charge < -0.3 is 14.0 Å². The molecule has 2 aromatic heterocycles. The third-order valence-electron chi connectivity index (χ3n) is 6.24. The highest BCUT2D eigenvalue weighted by Gasteiger charge is 2.28. The van der Waals surface area contributed by atoms with Gasteiger partial charge in [0.05, 0.1) is 12.0 Å². The average molecular weight is 513 g/mol. The van der Waals surface area contributed by atoms with Crippen LogP contribution in [0.3, 0.4) is 0 Å².